The highest BCUT2D eigenvalue weighted by Crippen LogP contribution is 2.33. The van der Waals surface area contributed by atoms with Crippen LogP contribution in [0.3, 0.4) is 0 Å². The van der Waals surface area contributed by atoms with E-state index in [0.29, 0.717) is 19.1 Å². The fourth-order valence-corrected chi connectivity index (χ4v) is 2.81. The monoisotopic (exact) mass is 247 g/mol. The van der Waals surface area contributed by atoms with Gasteiger partial charge in [-0.25, -0.2) is 0 Å². The molecule has 2 heterocycles. The number of fused-ring (bicyclic) bond motifs is 1. The van der Waals surface area contributed by atoms with E-state index in [1.807, 2.05) is 18.2 Å². The Morgan fingerprint density at radius 2 is 2.24 bits per heavy atom. The summed E-state index contributed by atoms with van der Waals surface area (Å²) in [7, 11) is 0. The summed E-state index contributed by atoms with van der Waals surface area (Å²) in [6.07, 6.45) is 0.968. The lowest BCUT2D eigenvalue weighted by Crippen LogP contribution is -2.18. The second-order valence-corrected chi connectivity index (χ2v) is 5.15. The fraction of sp³-hybridized carbons (Fsp3) is 0.333. The second kappa shape index (κ2) is 4.43. The van der Waals surface area contributed by atoms with Gasteiger partial charge < -0.3 is 10.5 Å². The number of hydrogen-bond acceptors (Lipinski definition) is 5. The molecule has 0 saturated carbocycles. The zero-order valence-electron chi connectivity index (χ0n) is 9.30. The van der Waals surface area contributed by atoms with Gasteiger partial charge >= 0.3 is 0 Å². The average Bonchev–Trinajstić information content (AvgIpc) is 2.87. The fourth-order valence-electron chi connectivity index (χ4n) is 2.00. The van der Waals surface area contributed by atoms with Crippen LogP contribution in [0.4, 0.5) is 0 Å². The van der Waals surface area contributed by atoms with Crippen molar-refractivity contribution < 1.29 is 4.74 Å². The molecule has 2 N–H and O–H groups in total. The molecule has 4 nitrogen and oxygen atoms in total. The highest BCUT2D eigenvalue weighted by molar-refractivity contribution is 7.11. The molecule has 0 spiro atoms. The van der Waals surface area contributed by atoms with Crippen LogP contribution in [0.2, 0.25) is 0 Å². The van der Waals surface area contributed by atoms with Crippen molar-refractivity contribution in [3.63, 3.8) is 0 Å². The van der Waals surface area contributed by atoms with Gasteiger partial charge in [0.1, 0.15) is 15.8 Å². The molecule has 3 rings (SSSR count). The molecule has 1 aromatic carbocycles. The molecule has 1 unspecified atom stereocenters. The van der Waals surface area contributed by atoms with Crippen LogP contribution in [0.25, 0.3) is 0 Å². The molecule has 2 aromatic rings. The number of ether oxygens (including phenoxy) is 1. The lowest BCUT2D eigenvalue weighted by Gasteiger charge is -2.23. The van der Waals surface area contributed by atoms with Crippen molar-refractivity contribution in [1.29, 1.82) is 0 Å². The van der Waals surface area contributed by atoms with Gasteiger partial charge in [-0.1, -0.05) is 29.5 Å². The molecule has 0 radical (unpaired) electrons. The normalized spacial score (nSPS) is 18.5. The summed E-state index contributed by atoms with van der Waals surface area (Å²) in [6.45, 7) is 1.14. The van der Waals surface area contributed by atoms with E-state index < -0.39 is 0 Å². The third-order valence-electron chi connectivity index (χ3n) is 2.89. The molecular formula is C12H13N3OS. The van der Waals surface area contributed by atoms with E-state index in [1.165, 1.54) is 5.56 Å². The van der Waals surface area contributed by atoms with Crippen molar-refractivity contribution in [2.45, 2.75) is 18.9 Å². The van der Waals surface area contributed by atoms with Crippen molar-refractivity contribution in [3.05, 3.63) is 39.8 Å². The van der Waals surface area contributed by atoms with Crippen LogP contribution >= 0.6 is 11.3 Å². The first-order valence-corrected chi connectivity index (χ1v) is 6.41. The molecule has 0 fully saturated rings. The van der Waals surface area contributed by atoms with Crippen molar-refractivity contribution >= 4 is 11.3 Å². The third-order valence-corrected chi connectivity index (χ3v) is 3.99. The lowest BCUT2D eigenvalue weighted by atomic mass is 9.97. The van der Waals surface area contributed by atoms with E-state index in [4.69, 9.17) is 10.5 Å². The number of hydrogen-bond donors (Lipinski definition) is 1. The number of rotatable bonds is 2. The Morgan fingerprint density at radius 1 is 1.35 bits per heavy atom. The van der Waals surface area contributed by atoms with Gasteiger partial charge in [-0.2, -0.15) is 0 Å². The number of nitrogens with zero attached hydrogens (tertiary/aromatic N) is 2. The van der Waals surface area contributed by atoms with Gasteiger partial charge in [-0.3, -0.25) is 0 Å². The molecule has 1 aromatic heterocycles. The summed E-state index contributed by atoms with van der Waals surface area (Å²) in [5.41, 5.74) is 6.79. The molecule has 1 aliphatic rings. The highest BCUT2D eigenvalue weighted by Gasteiger charge is 2.24. The number of benzene rings is 1. The molecule has 17 heavy (non-hydrogen) atoms. The smallest absolute Gasteiger partial charge is 0.131 e. The van der Waals surface area contributed by atoms with Gasteiger partial charge in [0.2, 0.25) is 0 Å². The third kappa shape index (κ3) is 2.03. The first-order valence-electron chi connectivity index (χ1n) is 5.60. The van der Waals surface area contributed by atoms with Crippen LogP contribution in [0.15, 0.2) is 24.3 Å². The standard InChI is InChI=1S/C12H13N3OS/c13-6-11-14-15-12(17-11)9-5-8-3-1-2-4-10(8)16-7-9/h1-4,9H,5-7,13H2. The minimum Gasteiger partial charge on any atom is -0.493 e. The summed E-state index contributed by atoms with van der Waals surface area (Å²) >= 11 is 1.59. The van der Waals surface area contributed by atoms with E-state index in [0.717, 1.165) is 22.2 Å². The van der Waals surface area contributed by atoms with Gasteiger partial charge in [0.15, 0.2) is 0 Å². The van der Waals surface area contributed by atoms with E-state index in [9.17, 15) is 0 Å². The summed E-state index contributed by atoms with van der Waals surface area (Å²) in [4.78, 5) is 0. The molecule has 5 heteroatoms. The minimum absolute atomic E-state index is 0.308. The van der Waals surface area contributed by atoms with Crippen molar-refractivity contribution in [2.24, 2.45) is 5.73 Å². The first kappa shape index (κ1) is 10.7. The van der Waals surface area contributed by atoms with Crippen LogP contribution in [-0.4, -0.2) is 16.8 Å². The van der Waals surface area contributed by atoms with E-state index >= 15 is 0 Å². The van der Waals surface area contributed by atoms with Gasteiger partial charge in [0, 0.05) is 6.54 Å². The molecule has 0 bridgehead atoms. The van der Waals surface area contributed by atoms with Gasteiger partial charge in [-0.15, -0.1) is 10.2 Å². The SMILES string of the molecule is NCc1nnc(C2COc3ccccc3C2)s1. The zero-order valence-corrected chi connectivity index (χ0v) is 10.1. The Kier molecular flexibility index (Phi) is 2.78. The van der Waals surface area contributed by atoms with Gasteiger partial charge in [0.25, 0.3) is 0 Å². The summed E-state index contributed by atoms with van der Waals surface area (Å²) in [6, 6.07) is 8.15. The minimum atomic E-state index is 0.308. The molecule has 1 aliphatic heterocycles. The van der Waals surface area contributed by atoms with Crippen molar-refractivity contribution in [1.82, 2.24) is 10.2 Å². The summed E-state index contributed by atoms with van der Waals surface area (Å²) in [5, 5.41) is 10.2. The Bertz CT molecular complexity index is 526. The quantitative estimate of drug-likeness (QED) is 0.877. The second-order valence-electron chi connectivity index (χ2n) is 4.06. The first-order chi connectivity index (χ1) is 8.36. The Balaban J connectivity index is 1.84. The van der Waals surface area contributed by atoms with Gasteiger partial charge in [-0.05, 0) is 18.1 Å². The molecule has 0 aliphatic carbocycles. The number of para-hydroxylation sites is 1. The molecule has 0 amide bonds. The molecule has 1 atom stereocenters. The van der Waals surface area contributed by atoms with Crippen molar-refractivity contribution in [2.75, 3.05) is 6.61 Å². The maximum Gasteiger partial charge on any atom is 0.131 e. The highest BCUT2D eigenvalue weighted by atomic mass is 32.1. The van der Waals surface area contributed by atoms with Gasteiger partial charge in [0.05, 0.1) is 12.5 Å². The molecule has 0 saturated heterocycles. The lowest BCUT2D eigenvalue weighted by molar-refractivity contribution is 0.262. The average molecular weight is 247 g/mol. The zero-order chi connectivity index (χ0) is 11.7. The van der Waals surface area contributed by atoms with Crippen LogP contribution in [-0.2, 0) is 13.0 Å². The van der Waals surface area contributed by atoms with Crippen LogP contribution < -0.4 is 10.5 Å². The maximum absolute atomic E-state index is 5.74. The number of nitrogens with two attached hydrogens (primary N) is 1. The summed E-state index contributed by atoms with van der Waals surface area (Å²) < 4.78 is 5.74. The van der Waals surface area contributed by atoms with E-state index in [-0.39, 0.29) is 0 Å². The number of aromatic nitrogens is 2. The Hall–Kier alpha value is -1.46. The van der Waals surface area contributed by atoms with Crippen LogP contribution in [0, 0.1) is 0 Å². The van der Waals surface area contributed by atoms with E-state index in [2.05, 4.69) is 16.3 Å². The predicted octanol–water partition coefficient (Wildman–Crippen LogP) is 1.72. The summed E-state index contributed by atoms with van der Waals surface area (Å²) in [5.74, 6) is 1.30. The van der Waals surface area contributed by atoms with Crippen LogP contribution in [0.1, 0.15) is 21.5 Å². The predicted molar refractivity (Wildman–Crippen MR) is 66.2 cm³/mol. The van der Waals surface area contributed by atoms with E-state index in [1.54, 1.807) is 11.3 Å². The molecule has 88 valence electrons. The van der Waals surface area contributed by atoms with Crippen LogP contribution in [0.5, 0.6) is 5.75 Å². The Morgan fingerprint density at radius 3 is 3.06 bits per heavy atom. The maximum atomic E-state index is 5.74. The topological polar surface area (TPSA) is 61.0 Å². The van der Waals surface area contributed by atoms with Crippen molar-refractivity contribution in [3.8, 4) is 5.75 Å². The largest absolute Gasteiger partial charge is 0.493 e. The molecular weight excluding hydrogens is 234 g/mol. The Labute approximate surface area is 103 Å².